The molecular formula is C11H12BrF2NO3. The Balaban J connectivity index is 3.08. The van der Waals surface area contributed by atoms with Gasteiger partial charge in [0.25, 0.3) is 0 Å². The fraction of sp³-hybridized carbons (Fsp3) is 0.364. The first-order valence-electron chi connectivity index (χ1n) is 5.09. The van der Waals surface area contributed by atoms with E-state index in [4.69, 9.17) is 5.73 Å². The van der Waals surface area contributed by atoms with Crippen molar-refractivity contribution in [1.29, 1.82) is 0 Å². The number of benzene rings is 1. The normalized spacial score (nSPS) is 13.2. The first kappa shape index (κ1) is 14.8. The summed E-state index contributed by atoms with van der Waals surface area (Å²) >= 11 is 3.04. The summed E-state index contributed by atoms with van der Waals surface area (Å²) in [4.78, 5) is 11.1. The average molecular weight is 324 g/mol. The molecule has 0 bridgehead atoms. The molecule has 18 heavy (non-hydrogen) atoms. The quantitative estimate of drug-likeness (QED) is 0.834. The summed E-state index contributed by atoms with van der Waals surface area (Å²) in [6, 6.07) is 1.84. The monoisotopic (exact) mass is 323 g/mol. The van der Waals surface area contributed by atoms with Crippen LogP contribution in [0.5, 0.6) is 5.75 Å². The largest absolute Gasteiger partial charge is 0.508 e. The zero-order valence-corrected chi connectivity index (χ0v) is 11.1. The number of aromatic hydroxyl groups is 1. The zero-order valence-electron chi connectivity index (χ0n) is 9.49. The van der Waals surface area contributed by atoms with Crippen LogP contribution in [-0.2, 0) is 9.53 Å². The number of rotatable bonds is 4. The molecule has 1 aromatic carbocycles. The van der Waals surface area contributed by atoms with Crippen LogP contribution in [0, 0.1) is 0 Å². The molecule has 0 spiro atoms. The Bertz CT molecular complexity index is 454. The third-order valence-corrected chi connectivity index (χ3v) is 2.97. The van der Waals surface area contributed by atoms with Gasteiger partial charge in [-0.3, -0.25) is 0 Å². The SMILES string of the molecule is CCOC(=O)C(F)(F)[C@@H](N)c1cc(O)ccc1Br. The van der Waals surface area contributed by atoms with Crippen molar-refractivity contribution >= 4 is 21.9 Å². The number of nitrogens with two attached hydrogens (primary N) is 1. The molecule has 0 aliphatic rings. The molecule has 0 aromatic heterocycles. The molecule has 0 amide bonds. The Morgan fingerprint density at radius 1 is 1.61 bits per heavy atom. The third-order valence-electron chi connectivity index (χ3n) is 2.25. The maximum absolute atomic E-state index is 13.7. The summed E-state index contributed by atoms with van der Waals surface area (Å²) in [5.74, 6) is -5.78. The lowest BCUT2D eigenvalue weighted by Gasteiger charge is -2.22. The van der Waals surface area contributed by atoms with Crippen molar-refractivity contribution in [1.82, 2.24) is 0 Å². The van der Waals surface area contributed by atoms with Gasteiger partial charge in [-0.05, 0) is 30.7 Å². The molecule has 1 aromatic rings. The van der Waals surface area contributed by atoms with E-state index in [1.165, 1.54) is 19.1 Å². The number of esters is 1. The smallest absolute Gasteiger partial charge is 0.379 e. The predicted molar refractivity (Wildman–Crippen MR) is 64.3 cm³/mol. The molecule has 0 heterocycles. The van der Waals surface area contributed by atoms with Crippen LogP contribution in [0.2, 0.25) is 0 Å². The average Bonchev–Trinajstić information content (AvgIpc) is 2.31. The number of phenols is 1. The first-order chi connectivity index (χ1) is 8.30. The minimum atomic E-state index is -3.87. The Morgan fingerprint density at radius 2 is 2.22 bits per heavy atom. The zero-order chi connectivity index (χ0) is 13.9. The number of halogens is 3. The molecule has 0 saturated heterocycles. The van der Waals surface area contributed by atoms with Gasteiger partial charge in [0.1, 0.15) is 11.8 Å². The van der Waals surface area contributed by atoms with Crippen molar-refractivity contribution in [3.63, 3.8) is 0 Å². The van der Waals surface area contributed by atoms with Crippen LogP contribution in [0.3, 0.4) is 0 Å². The highest BCUT2D eigenvalue weighted by Crippen LogP contribution is 2.35. The lowest BCUT2D eigenvalue weighted by Crippen LogP contribution is -2.41. The van der Waals surface area contributed by atoms with Gasteiger partial charge in [0, 0.05) is 4.47 Å². The molecule has 7 heteroatoms. The Hall–Kier alpha value is -1.21. The number of carbonyl (C=O) groups is 1. The van der Waals surface area contributed by atoms with Gasteiger partial charge in [0.15, 0.2) is 0 Å². The van der Waals surface area contributed by atoms with Crippen LogP contribution in [0.15, 0.2) is 22.7 Å². The van der Waals surface area contributed by atoms with Crippen molar-refractivity contribution in [3.05, 3.63) is 28.2 Å². The standard InChI is InChI=1S/C11H12BrF2NO3/c1-2-18-10(17)11(13,14)9(15)7-5-6(16)3-4-8(7)12/h3-5,9,16H,2,15H2,1H3/t9-/m0/s1. The Labute approximate surface area is 111 Å². The van der Waals surface area contributed by atoms with Gasteiger partial charge in [-0.2, -0.15) is 8.78 Å². The molecule has 0 radical (unpaired) electrons. The second-order valence-electron chi connectivity index (χ2n) is 3.53. The van der Waals surface area contributed by atoms with Crippen molar-refractivity contribution in [3.8, 4) is 5.75 Å². The number of hydrogen-bond donors (Lipinski definition) is 2. The number of phenolic OH excluding ortho intramolecular Hbond substituents is 1. The Kier molecular flexibility index (Phi) is 4.64. The first-order valence-corrected chi connectivity index (χ1v) is 5.89. The molecule has 0 aliphatic heterocycles. The van der Waals surface area contributed by atoms with Crippen molar-refractivity contribution in [2.45, 2.75) is 18.9 Å². The molecule has 100 valence electrons. The second-order valence-corrected chi connectivity index (χ2v) is 4.38. The summed E-state index contributed by atoms with van der Waals surface area (Å²) in [7, 11) is 0. The summed E-state index contributed by atoms with van der Waals surface area (Å²) < 4.78 is 31.9. The summed E-state index contributed by atoms with van der Waals surface area (Å²) in [6.45, 7) is 1.26. The van der Waals surface area contributed by atoms with Gasteiger partial charge in [0.05, 0.1) is 6.61 Å². The van der Waals surface area contributed by atoms with Crippen LogP contribution in [0.1, 0.15) is 18.5 Å². The van der Waals surface area contributed by atoms with Crippen molar-refractivity contribution in [2.24, 2.45) is 5.73 Å². The fourth-order valence-corrected chi connectivity index (χ4v) is 1.81. The van der Waals surface area contributed by atoms with Crippen molar-refractivity contribution < 1.29 is 23.4 Å². The van der Waals surface area contributed by atoms with Crippen LogP contribution in [0.25, 0.3) is 0 Å². The van der Waals surface area contributed by atoms with E-state index in [0.29, 0.717) is 0 Å². The summed E-state index contributed by atoms with van der Waals surface area (Å²) in [5.41, 5.74) is 5.31. The van der Waals surface area contributed by atoms with Gasteiger partial charge in [0.2, 0.25) is 0 Å². The van der Waals surface area contributed by atoms with Crippen LogP contribution < -0.4 is 5.73 Å². The maximum atomic E-state index is 13.7. The molecule has 0 fully saturated rings. The van der Waals surface area contributed by atoms with Crippen molar-refractivity contribution in [2.75, 3.05) is 6.61 Å². The van der Waals surface area contributed by atoms with E-state index in [9.17, 15) is 18.7 Å². The molecule has 1 rings (SSSR count). The lowest BCUT2D eigenvalue weighted by molar-refractivity contribution is -0.174. The van der Waals surface area contributed by atoms with E-state index in [2.05, 4.69) is 20.7 Å². The third kappa shape index (κ3) is 2.97. The number of alkyl halides is 2. The van der Waals surface area contributed by atoms with Crippen LogP contribution in [0.4, 0.5) is 8.78 Å². The minimum Gasteiger partial charge on any atom is -0.508 e. The summed E-state index contributed by atoms with van der Waals surface area (Å²) in [6.07, 6.45) is 0. The van der Waals surface area contributed by atoms with Crippen LogP contribution >= 0.6 is 15.9 Å². The van der Waals surface area contributed by atoms with Gasteiger partial charge < -0.3 is 15.6 Å². The number of hydrogen-bond acceptors (Lipinski definition) is 4. The highest BCUT2D eigenvalue weighted by atomic mass is 79.9. The molecular weight excluding hydrogens is 312 g/mol. The van der Waals surface area contributed by atoms with E-state index >= 15 is 0 Å². The highest BCUT2D eigenvalue weighted by Gasteiger charge is 2.48. The van der Waals surface area contributed by atoms with Gasteiger partial charge in [-0.1, -0.05) is 15.9 Å². The second kappa shape index (κ2) is 5.62. The van der Waals surface area contributed by atoms with Gasteiger partial charge in [-0.15, -0.1) is 0 Å². The highest BCUT2D eigenvalue weighted by molar-refractivity contribution is 9.10. The lowest BCUT2D eigenvalue weighted by atomic mass is 10.0. The molecule has 0 aliphatic carbocycles. The number of ether oxygens (including phenoxy) is 1. The topological polar surface area (TPSA) is 72.5 Å². The maximum Gasteiger partial charge on any atom is 0.379 e. The van der Waals surface area contributed by atoms with Gasteiger partial charge >= 0.3 is 11.9 Å². The molecule has 4 nitrogen and oxygen atoms in total. The van der Waals surface area contributed by atoms with Gasteiger partial charge in [-0.25, -0.2) is 4.79 Å². The van der Waals surface area contributed by atoms with E-state index in [0.717, 1.165) is 6.07 Å². The fourth-order valence-electron chi connectivity index (χ4n) is 1.32. The van der Waals surface area contributed by atoms with E-state index < -0.39 is 17.9 Å². The minimum absolute atomic E-state index is 0.0759. The van der Waals surface area contributed by atoms with E-state index in [1.54, 1.807) is 0 Å². The molecule has 3 N–H and O–H groups in total. The molecule has 0 unspecified atom stereocenters. The Morgan fingerprint density at radius 3 is 2.78 bits per heavy atom. The van der Waals surface area contributed by atoms with Crippen LogP contribution in [-0.4, -0.2) is 23.6 Å². The number of carbonyl (C=O) groups excluding carboxylic acids is 1. The summed E-state index contributed by atoms with van der Waals surface area (Å²) in [5, 5.41) is 9.26. The molecule has 1 atom stereocenters. The van der Waals surface area contributed by atoms with E-state index in [1.807, 2.05) is 0 Å². The van der Waals surface area contributed by atoms with E-state index in [-0.39, 0.29) is 22.4 Å². The molecule has 0 saturated carbocycles. The predicted octanol–water partition coefficient (Wildman–Crippen LogP) is 2.35.